The van der Waals surface area contributed by atoms with E-state index in [9.17, 15) is 4.79 Å². The first-order valence-corrected chi connectivity index (χ1v) is 13.3. The van der Waals surface area contributed by atoms with Crippen molar-refractivity contribution in [3.8, 4) is 0 Å². The summed E-state index contributed by atoms with van der Waals surface area (Å²) < 4.78 is 15.3. The van der Waals surface area contributed by atoms with Gasteiger partial charge < -0.3 is 19.3 Å². The maximum Gasteiger partial charge on any atom is 0.350 e. The molecule has 3 aliphatic rings. The van der Waals surface area contributed by atoms with Gasteiger partial charge in [-0.3, -0.25) is 0 Å². The van der Waals surface area contributed by atoms with Crippen molar-refractivity contribution in [3.05, 3.63) is 22.3 Å². The van der Waals surface area contributed by atoms with Gasteiger partial charge in [-0.1, -0.05) is 0 Å². The summed E-state index contributed by atoms with van der Waals surface area (Å²) in [6.45, 7) is 4.75. The molecule has 2 saturated heterocycles. The van der Waals surface area contributed by atoms with Crippen LogP contribution in [0.3, 0.4) is 0 Å². The minimum absolute atomic E-state index is 0.135. The topological polar surface area (TPSA) is 80.7 Å². The molecule has 0 aliphatic carbocycles. The minimum atomic E-state index is -0.292. The number of carbonyl (C=O) groups excluding carboxylic acids is 1. The van der Waals surface area contributed by atoms with Gasteiger partial charge >= 0.3 is 5.97 Å². The predicted octanol–water partition coefficient (Wildman–Crippen LogP) is 2.07. The van der Waals surface area contributed by atoms with E-state index in [1.54, 1.807) is 6.07 Å². The molecule has 0 radical (unpaired) electrons. The Morgan fingerprint density at radius 2 is 2.10 bits per heavy atom. The Kier molecular flexibility index (Phi) is 5.78. The summed E-state index contributed by atoms with van der Waals surface area (Å²) >= 11 is 1.19. The normalized spacial score (nSPS) is 21.6. The van der Waals surface area contributed by atoms with Crippen molar-refractivity contribution in [2.75, 3.05) is 55.2 Å². The summed E-state index contributed by atoms with van der Waals surface area (Å²) in [7, 11) is 2.35. The molecule has 0 spiro atoms. The lowest BCUT2D eigenvalue weighted by Gasteiger charge is -2.39. The molecule has 5 heterocycles. The summed E-state index contributed by atoms with van der Waals surface area (Å²) in [5.74, 6) is 2.69. The van der Waals surface area contributed by atoms with Crippen molar-refractivity contribution in [2.45, 2.75) is 43.2 Å². The molecule has 2 aromatic heterocycles. The molecule has 166 valence electrons. The van der Waals surface area contributed by atoms with Gasteiger partial charge in [-0.2, -0.15) is 9.36 Å². The largest absolute Gasteiger partial charge is 0.454 e. The lowest BCUT2D eigenvalue weighted by molar-refractivity contribution is 0.0237. The minimum Gasteiger partial charge on any atom is -0.454 e. The Hall–Kier alpha value is -1.91. The number of fused-ring (bicyclic) bond motifs is 1. The summed E-state index contributed by atoms with van der Waals surface area (Å²) in [6, 6.07) is 2.22. The molecule has 2 aromatic rings. The number of hydrogen-bond acceptors (Lipinski definition) is 9. The molecule has 10 heteroatoms. The van der Waals surface area contributed by atoms with Crippen LogP contribution in [0.4, 0.5) is 11.8 Å². The van der Waals surface area contributed by atoms with E-state index in [0.29, 0.717) is 24.0 Å². The quantitative estimate of drug-likeness (QED) is 0.494. The lowest BCUT2D eigenvalue weighted by Crippen LogP contribution is -2.54. The number of aromatic nitrogens is 3. The highest BCUT2D eigenvalue weighted by Gasteiger charge is 2.40. The highest BCUT2D eigenvalue weighted by atomic mass is 32.2. The first kappa shape index (κ1) is 21.0. The molecule has 1 unspecified atom stereocenters. The number of rotatable bonds is 5. The Balaban J connectivity index is 1.31. The number of anilines is 2. The third-order valence-electron chi connectivity index (χ3n) is 6.21. The van der Waals surface area contributed by atoms with Crippen LogP contribution >= 0.6 is 11.5 Å². The van der Waals surface area contributed by atoms with Crippen LogP contribution in [0, 0.1) is 6.92 Å². The highest BCUT2D eigenvalue weighted by molar-refractivity contribution is 7.96. The number of carbonyl (C=O) groups is 1. The number of esters is 1. The molecular formula is C21H28N5O3S2+. The fraction of sp³-hybridized carbons (Fsp3) is 0.619. The fourth-order valence-corrected chi connectivity index (χ4v) is 6.72. The van der Waals surface area contributed by atoms with Gasteiger partial charge in [0.15, 0.2) is 5.82 Å². The number of nitrogens with zero attached hydrogens (tertiary/aromatic N) is 5. The summed E-state index contributed by atoms with van der Waals surface area (Å²) in [5, 5.41) is 0. The molecular weight excluding hydrogens is 434 g/mol. The van der Waals surface area contributed by atoms with Crippen LogP contribution in [0.25, 0.3) is 0 Å². The zero-order valence-electron chi connectivity index (χ0n) is 18.2. The van der Waals surface area contributed by atoms with Gasteiger partial charge in [0.25, 0.3) is 0 Å². The van der Waals surface area contributed by atoms with E-state index >= 15 is 0 Å². The second-order valence-corrected chi connectivity index (χ2v) is 11.3. The third kappa shape index (κ3) is 4.12. The van der Waals surface area contributed by atoms with Gasteiger partial charge in [0.05, 0.1) is 18.8 Å². The smallest absolute Gasteiger partial charge is 0.350 e. The van der Waals surface area contributed by atoms with Gasteiger partial charge in [-0.25, -0.2) is 9.78 Å². The Labute approximate surface area is 189 Å². The SMILES string of the molecule is Cc1cc(C(=O)OC2CN(c3nc4c(c(N(C)C5CCOCC5)n3)[S+](C)CC4)C2)sn1. The van der Waals surface area contributed by atoms with Crippen molar-refractivity contribution in [2.24, 2.45) is 0 Å². The standard InChI is InChI=1S/C21H28N5O3S2/c1-13-10-17(30-24-13)20(27)29-15-11-26(12-15)21-22-16-6-9-31(3)18(16)19(23-21)25(2)14-4-7-28-8-5-14/h10,14-15H,4-9,11-12H2,1-3H3/q+1. The third-order valence-corrected chi connectivity index (χ3v) is 9.00. The fourth-order valence-electron chi connectivity index (χ4n) is 4.32. The first-order valence-electron chi connectivity index (χ1n) is 10.7. The molecule has 2 fully saturated rings. The van der Waals surface area contributed by atoms with Gasteiger partial charge in [-0.15, -0.1) is 0 Å². The van der Waals surface area contributed by atoms with E-state index in [-0.39, 0.29) is 23.0 Å². The summed E-state index contributed by atoms with van der Waals surface area (Å²) in [6.07, 6.45) is 5.23. The van der Waals surface area contributed by atoms with Crippen LogP contribution in [0.2, 0.25) is 0 Å². The Morgan fingerprint density at radius 1 is 1.32 bits per heavy atom. The molecule has 3 aliphatic heterocycles. The maximum absolute atomic E-state index is 12.3. The van der Waals surface area contributed by atoms with Gasteiger partial charge in [0.2, 0.25) is 10.8 Å². The van der Waals surface area contributed by atoms with E-state index in [4.69, 9.17) is 19.4 Å². The van der Waals surface area contributed by atoms with Crippen molar-refractivity contribution in [1.29, 1.82) is 0 Å². The zero-order valence-corrected chi connectivity index (χ0v) is 19.8. The summed E-state index contributed by atoms with van der Waals surface area (Å²) in [4.78, 5) is 28.6. The Bertz CT molecular complexity index is 972. The van der Waals surface area contributed by atoms with E-state index in [1.165, 1.54) is 22.1 Å². The monoisotopic (exact) mass is 462 g/mol. The van der Waals surface area contributed by atoms with Gasteiger partial charge in [-0.05, 0) is 37.4 Å². The molecule has 8 nitrogen and oxygen atoms in total. The molecule has 0 saturated carbocycles. The number of aryl methyl sites for hydroxylation is 2. The van der Waals surface area contributed by atoms with Crippen molar-refractivity contribution >= 4 is 40.2 Å². The van der Waals surface area contributed by atoms with Crippen LogP contribution in [0.1, 0.15) is 33.9 Å². The van der Waals surface area contributed by atoms with Gasteiger partial charge in [0.1, 0.15) is 28.7 Å². The predicted molar refractivity (Wildman–Crippen MR) is 123 cm³/mol. The Morgan fingerprint density at radius 3 is 2.81 bits per heavy atom. The molecule has 5 rings (SSSR count). The molecule has 0 aromatic carbocycles. The molecule has 0 N–H and O–H groups in total. The average Bonchev–Trinajstić information content (AvgIpc) is 3.35. The molecule has 1 atom stereocenters. The number of ether oxygens (including phenoxy) is 2. The highest BCUT2D eigenvalue weighted by Crippen LogP contribution is 2.36. The zero-order chi connectivity index (χ0) is 21.5. The second-order valence-electron chi connectivity index (χ2n) is 8.43. The van der Waals surface area contributed by atoms with Crippen molar-refractivity contribution < 1.29 is 14.3 Å². The number of hydrogen-bond donors (Lipinski definition) is 0. The first-order chi connectivity index (χ1) is 15.0. The van der Waals surface area contributed by atoms with Gasteiger partial charge in [0, 0.05) is 43.6 Å². The van der Waals surface area contributed by atoms with Crippen LogP contribution < -0.4 is 9.80 Å². The van der Waals surface area contributed by atoms with Crippen molar-refractivity contribution in [3.63, 3.8) is 0 Å². The molecule has 0 bridgehead atoms. The summed E-state index contributed by atoms with van der Waals surface area (Å²) in [5.41, 5.74) is 2.03. The van der Waals surface area contributed by atoms with Crippen LogP contribution in [-0.2, 0) is 26.8 Å². The van der Waals surface area contributed by atoms with Crippen molar-refractivity contribution in [1.82, 2.24) is 14.3 Å². The van der Waals surface area contributed by atoms with Crippen LogP contribution in [0.5, 0.6) is 0 Å². The van der Waals surface area contributed by atoms with E-state index in [1.807, 2.05) is 6.92 Å². The van der Waals surface area contributed by atoms with Crippen LogP contribution in [0.15, 0.2) is 11.0 Å². The molecule has 0 amide bonds. The average molecular weight is 463 g/mol. The van der Waals surface area contributed by atoms with Crippen LogP contribution in [-0.4, -0.2) is 77.8 Å². The van der Waals surface area contributed by atoms with E-state index in [0.717, 1.165) is 55.7 Å². The second kappa shape index (κ2) is 8.55. The molecule has 31 heavy (non-hydrogen) atoms. The van der Waals surface area contributed by atoms with E-state index < -0.39 is 0 Å². The lowest BCUT2D eigenvalue weighted by atomic mass is 10.1. The maximum atomic E-state index is 12.3. The van der Waals surface area contributed by atoms with E-state index in [2.05, 4.69) is 27.5 Å².